The summed E-state index contributed by atoms with van der Waals surface area (Å²) in [5.41, 5.74) is 2.59. The quantitative estimate of drug-likeness (QED) is 0.567. The van der Waals surface area contributed by atoms with Gasteiger partial charge in [-0.1, -0.05) is 53.0 Å². The van der Waals surface area contributed by atoms with Gasteiger partial charge in [-0.3, -0.25) is 4.90 Å². The van der Waals surface area contributed by atoms with Crippen LogP contribution in [0.2, 0.25) is 10.0 Å². The maximum Gasteiger partial charge on any atom is 0.338 e. The number of nitrogens with one attached hydrogen (secondary N) is 1. The number of ether oxygens (including phenoxy) is 2. The molecule has 3 rings (SSSR count). The third-order valence-electron chi connectivity index (χ3n) is 4.92. The summed E-state index contributed by atoms with van der Waals surface area (Å²) < 4.78 is 11.2. The first kappa shape index (κ1) is 23.0. The fraction of sp³-hybridized carbons (Fsp3) is 0.304. The molecule has 2 aromatic carbocycles. The molecule has 8 heteroatoms. The third kappa shape index (κ3) is 5.14. The molecule has 0 spiro atoms. The Hall–Kier alpha value is -2.70. The fourth-order valence-corrected chi connectivity index (χ4v) is 3.72. The number of carbonyl (C=O) groups is 2. The van der Waals surface area contributed by atoms with Crippen LogP contribution >= 0.6 is 23.2 Å². The van der Waals surface area contributed by atoms with E-state index in [4.69, 9.17) is 32.7 Å². The van der Waals surface area contributed by atoms with Gasteiger partial charge in [0.05, 0.1) is 28.9 Å². The lowest BCUT2D eigenvalue weighted by molar-refractivity contribution is -0.139. The van der Waals surface area contributed by atoms with E-state index in [1.807, 2.05) is 38.1 Å². The van der Waals surface area contributed by atoms with Crippen molar-refractivity contribution < 1.29 is 19.1 Å². The number of rotatable bonds is 7. The molecule has 0 unspecified atom stereocenters. The van der Waals surface area contributed by atoms with Crippen LogP contribution in [0.4, 0.5) is 4.79 Å². The van der Waals surface area contributed by atoms with Gasteiger partial charge in [0.1, 0.15) is 12.4 Å². The summed E-state index contributed by atoms with van der Waals surface area (Å²) in [5.74, 6) is -0.152. The molecule has 1 atom stereocenters. The molecule has 0 bridgehead atoms. The van der Waals surface area contributed by atoms with Crippen molar-refractivity contribution in [1.82, 2.24) is 10.2 Å². The van der Waals surface area contributed by atoms with Crippen molar-refractivity contribution in [3.8, 4) is 5.75 Å². The average molecular weight is 463 g/mol. The minimum Gasteiger partial charge on any atom is -0.486 e. The zero-order valence-corrected chi connectivity index (χ0v) is 19.1. The number of urea groups is 1. The Morgan fingerprint density at radius 3 is 2.48 bits per heavy atom. The van der Waals surface area contributed by atoms with Crippen molar-refractivity contribution in [3.05, 3.63) is 74.9 Å². The molecule has 2 amide bonds. The summed E-state index contributed by atoms with van der Waals surface area (Å²) in [4.78, 5) is 27.3. The van der Waals surface area contributed by atoms with E-state index in [-0.39, 0.29) is 19.2 Å². The first-order chi connectivity index (χ1) is 14.8. The van der Waals surface area contributed by atoms with Gasteiger partial charge in [-0.2, -0.15) is 0 Å². The standard InChI is InChI=1S/C23H24Cl2N2O4/c1-4-27-18(13-31-19-12-16(24)10-11-17(19)25)20(22(28)30-5-2)21(26-23(27)29)15-8-6-14(3)7-9-15/h6-12,21H,4-5,13H2,1-3H3,(H,26,29)/t21-/m0/s1. The largest absolute Gasteiger partial charge is 0.486 e. The van der Waals surface area contributed by atoms with Crippen LogP contribution in [0.25, 0.3) is 0 Å². The molecule has 0 aromatic heterocycles. The van der Waals surface area contributed by atoms with E-state index in [2.05, 4.69) is 5.32 Å². The molecule has 0 saturated heterocycles. The number of nitrogens with zero attached hydrogens (tertiary/aromatic N) is 1. The van der Waals surface area contributed by atoms with Crippen LogP contribution in [0.5, 0.6) is 5.75 Å². The predicted octanol–water partition coefficient (Wildman–Crippen LogP) is 5.28. The van der Waals surface area contributed by atoms with Crippen LogP contribution in [0.15, 0.2) is 53.7 Å². The maximum atomic E-state index is 13.0. The van der Waals surface area contributed by atoms with Crippen LogP contribution in [0, 0.1) is 6.92 Å². The highest BCUT2D eigenvalue weighted by Crippen LogP contribution is 2.33. The number of aryl methyl sites for hydroxylation is 1. The molecule has 6 nitrogen and oxygen atoms in total. The summed E-state index contributed by atoms with van der Waals surface area (Å²) in [6.07, 6.45) is 0. The number of amides is 2. The first-order valence-corrected chi connectivity index (χ1v) is 10.7. The molecule has 1 aliphatic heterocycles. The van der Waals surface area contributed by atoms with Crippen molar-refractivity contribution in [3.63, 3.8) is 0 Å². The SMILES string of the molecule is CCOC(=O)C1=C(COc2cc(Cl)ccc2Cl)N(CC)C(=O)N[C@H]1c1ccc(C)cc1. The van der Waals surface area contributed by atoms with Crippen molar-refractivity contribution >= 4 is 35.2 Å². The van der Waals surface area contributed by atoms with Gasteiger partial charge < -0.3 is 14.8 Å². The Morgan fingerprint density at radius 1 is 1.13 bits per heavy atom. The van der Waals surface area contributed by atoms with Gasteiger partial charge in [-0.15, -0.1) is 0 Å². The predicted molar refractivity (Wildman–Crippen MR) is 120 cm³/mol. The number of carbonyl (C=O) groups excluding carboxylic acids is 2. The Morgan fingerprint density at radius 2 is 1.84 bits per heavy atom. The lowest BCUT2D eigenvalue weighted by Gasteiger charge is -2.36. The number of halogens is 2. The van der Waals surface area contributed by atoms with Crippen LogP contribution in [-0.2, 0) is 9.53 Å². The van der Waals surface area contributed by atoms with Crippen molar-refractivity contribution in [2.45, 2.75) is 26.8 Å². The molecule has 0 fully saturated rings. The van der Waals surface area contributed by atoms with E-state index in [0.29, 0.717) is 33.6 Å². The molecule has 164 valence electrons. The summed E-state index contributed by atoms with van der Waals surface area (Å²) in [6, 6.07) is 11.5. The zero-order valence-electron chi connectivity index (χ0n) is 17.6. The topological polar surface area (TPSA) is 67.9 Å². The molecular formula is C23H24Cl2N2O4. The second-order valence-corrected chi connectivity index (χ2v) is 7.83. The van der Waals surface area contributed by atoms with E-state index < -0.39 is 12.0 Å². The molecule has 0 saturated carbocycles. The van der Waals surface area contributed by atoms with E-state index in [1.54, 1.807) is 25.1 Å². The number of hydrogen-bond donors (Lipinski definition) is 1. The lowest BCUT2D eigenvalue weighted by Crippen LogP contribution is -2.49. The van der Waals surface area contributed by atoms with E-state index in [1.165, 1.54) is 4.90 Å². The van der Waals surface area contributed by atoms with Gasteiger partial charge in [-0.05, 0) is 38.5 Å². The number of hydrogen-bond acceptors (Lipinski definition) is 4. The Balaban J connectivity index is 2.08. The summed E-state index contributed by atoms with van der Waals surface area (Å²) in [6.45, 7) is 6.02. The summed E-state index contributed by atoms with van der Waals surface area (Å²) in [5, 5.41) is 3.76. The summed E-state index contributed by atoms with van der Waals surface area (Å²) in [7, 11) is 0. The third-order valence-corrected chi connectivity index (χ3v) is 5.47. The number of likely N-dealkylation sites (N-methyl/N-ethyl adjacent to an activating group) is 1. The van der Waals surface area contributed by atoms with Crippen LogP contribution in [0.1, 0.15) is 31.0 Å². The van der Waals surface area contributed by atoms with Crippen molar-refractivity contribution in [2.24, 2.45) is 0 Å². The molecule has 1 N–H and O–H groups in total. The van der Waals surface area contributed by atoms with Crippen LogP contribution < -0.4 is 10.1 Å². The minimum atomic E-state index is -0.664. The van der Waals surface area contributed by atoms with Crippen LogP contribution in [-0.4, -0.2) is 36.7 Å². The van der Waals surface area contributed by atoms with E-state index >= 15 is 0 Å². The highest BCUT2D eigenvalue weighted by molar-refractivity contribution is 6.34. The van der Waals surface area contributed by atoms with Crippen molar-refractivity contribution in [1.29, 1.82) is 0 Å². The van der Waals surface area contributed by atoms with E-state index in [9.17, 15) is 9.59 Å². The molecular weight excluding hydrogens is 439 g/mol. The number of benzene rings is 2. The smallest absolute Gasteiger partial charge is 0.338 e. The maximum absolute atomic E-state index is 13.0. The highest BCUT2D eigenvalue weighted by Gasteiger charge is 2.38. The average Bonchev–Trinajstić information content (AvgIpc) is 2.74. The van der Waals surface area contributed by atoms with Crippen LogP contribution in [0.3, 0.4) is 0 Å². The van der Waals surface area contributed by atoms with Crippen molar-refractivity contribution in [2.75, 3.05) is 19.8 Å². The Kier molecular flexibility index (Phi) is 7.46. The molecule has 2 aromatic rings. The number of esters is 1. The molecule has 31 heavy (non-hydrogen) atoms. The Labute approximate surface area is 191 Å². The van der Waals surface area contributed by atoms with E-state index in [0.717, 1.165) is 11.1 Å². The summed E-state index contributed by atoms with van der Waals surface area (Å²) >= 11 is 12.3. The van der Waals surface area contributed by atoms with Gasteiger partial charge >= 0.3 is 12.0 Å². The van der Waals surface area contributed by atoms with Gasteiger partial charge in [0.25, 0.3) is 0 Å². The highest BCUT2D eigenvalue weighted by atomic mass is 35.5. The minimum absolute atomic E-state index is 0.0577. The molecule has 1 heterocycles. The zero-order chi connectivity index (χ0) is 22.5. The second-order valence-electron chi connectivity index (χ2n) is 6.98. The second kappa shape index (κ2) is 10.1. The monoisotopic (exact) mass is 462 g/mol. The molecule has 0 aliphatic carbocycles. The first-order valence-electron chi connectivity index (χ1n) is 9.98. The normalized spacial score (nSPS) is 16.2. The lowest BCUT2D eigenvalue weighted by atomic mass is 9.94. The van der Waals surface area contributed by atoms with Gasteiger partial charge in [0.15, 0.2) is 0 Å². The Bertz CT molecular complexity index is 1010. The van der Waals surface area contributed by atoms with Gasteiger partial charge in [-0.25, -0.2) is 9.59 Å². The van der Waals surface area contributed by atoms with Gasteiger partial charge in [0.2, 0.25) is 0 Å². The van der Waals surface area contributed by atoms with Gasteiger partial charge in [0, 0.05) is 17.6 Å². The molecule has 1 aliphatic rings. The fourth-order valence-electron chi connectivity index (χ4n) is 3.39. The molecule has 0 radical (unpaired) electrons.